The number of thiazole rings is 1. The highest BCUT2D eigenvalue weighted by Gasteiger charge is 2.25. The smallest absolute Gasteiger partial charge is 0.236 e. The van der Waals surface area contributed by atoms with Gasteiger partial charge in [-0.3, -0.25) is 9.69 Å². The van der Waals surface area contributed by atoms with E-state index in [-0.39, 0.29) is 11.9 Å². The number of benzene rings is 1. The first-order chi connectivity index (χ1) is 13.6. The first kappa shape index (κ1) is 18.8. The van der Waals surface area contributed by atoms with E-state index in [1.54, 1.807) is 11.3 Å². The summed E-state index contributed by atoms with van der Waals surface area (Å²) in [5.41, 5.74) is 1.03. The Hall–Kier alpha value is -2.51. The topological polar surface area (TPSA) is 52.6 Å². The molecule has 28 heavy (non-hydrogen) atoms. The Kier molecular flexibility index (Phi) is 5.54. The van der Waals surface area contributed by atoms with Crippen LogP contribution in [0, 0.1) is 0 Å². The number of carbonyl (C=O) groups excluding carboxylic acids is 1. The molecule has 1 amide bonds. The Morgan fingerprint density at radius 3 is 2.61 bits per heavy atom. The number of hydrogen-bond acceptors (Lipinski definition) is 6. The highest BCUT2D eigenvalue weighted by atomic mass is 32.1. The van der Waals surface area contributed by atoms with Crippen LogP contribution in [0.3, 0.4) is 0 Å². The lowest BCUT2D eigenvalue weighted by Crippen LogP contribution is -2.51. The van der Waals surface area contributed by atoms with Crippen LogP contribution in [0.2, 0.25) is 0 Å². The highest BCUT2D eigenvalue weighted by molar-refractivity contribution is 7.18. The average Bonchev–Trinajstić information content (AvgIpc) is 3.18. The minimum absolute atomic E-state index is 0.108. The summed E-state index contributed by atoms with van der Waals surface area (Å²) in [7, 11) is 2.00. The molecule has 0 N–H and O–H groups in total. The third kappa shape index (κ3) is 4.00. The molecule has 0 aliphatic carbocycles. The number of fused-ring (bicyclic) bond motifs is 1. The molecular formula is C21H25N5OS. The highest BCUT2D eigenvalue weighted by Crippen LogP contribution is 2.28. The molecule has 1 aromatic carbocycles. The van der Waals surface area contributed by atoms with Crippen LogP contribution >= 0.6 is 11.3 Å². The maximum atomic E-state index is 12.8. The zero-order valence-electron chi connectivity index (χ0n) is 16.3. The molecule has 0 spiro atoms. The SMILES string of the molecule is C[C@H](c1nc2ccccc2s1)N(C)CC(=O)N1CCN(c2ccccn2)CC1. The van der Waals surface area contributed by atoms with E-state index < -0.39 is 0 Å². The zero-order chi connectivity index (χ0) is 19.5. The van der Waals surface area contributed by atoms with E-state index in [0.29, 0.717) is 6.54 Å². The molecule has 1 aliphatic rings. The van der Waals surface area contributed by atoms with Gasteiger partial charge in [0.25, 0.3) is 0 Å². The number of amides is 1. The third-order valence-electron chi connectivity index (χ3n) is 5.32. The van der Waals surface area contributed by atoms with Crippen molar-refractivity contribution < 1.29 is 4.79 Å². The summed E-state index contributed by atoms with van der Waals surface area (Å²) in [4.78, 5) is 28.2. The Morgan fingerprint density at radius 1 is 1.14 bits per heavy atom. The Labute approximate surface area is 169 Å². The number of para-hydroxylation sites is 1. The monoisotopic (exact) mass is 395 g/mol. The summed E-state index contributed by atoms with van der Waals surface area (Å²) in [6, 6.07) is 14.2. The first-order valence-electron chi connectivity index (χ1n) is 9.61. The van der Waals surface area contributed by atoms with Gasteiger partial charge in [-0.1, -0.05) is 18.2 Å². The van der Waals surface area contributed by atoms with Crippen molar-refractivity contribution in [2.24, 2.45) is 0 Å². The summed E-state index contributed by atoms with van der Waals surface area (Å²) < 4.78 is 1.19. The van der Waals surface area contributed by atoms with Crippen LogP contribution in [0.5, 0.6) is 0 Å². The van der Waals surface area contributed by atoms with Crippen molar-refractivity contribution in [2.75, 3.05) is 44.7 Å². The second-order valence-corrected chi connectivity index (χ2v) is 8.23. The molecule has 0 bridgehead atoms. The number of aromatic nitrogens is 2. The van der Waals surface area contributed by atoms with Crippen molar-refractivity contribution in [3.63, 3.8) is 0 Å². The summed E-state index contributed by atoms with van der Waals surface area (Å²) in [6.45, 7) is 5.63. The predicted octanol–water partition coefficient (Wildman–Crippen LogP) is 3.03. The van der Waals surface area contributed by atoms with Crippen LogP contribution in [0.4, 0.5) is 5.82 Å². The van der Waals surface area contributed by atoms with Gasteiger partial charge in [-0.25, -0.2) is 9.97 Å². The average molecular weight is 396 g/mol. The van der Waals surface area contributed by atoms with Gasteiger partial charge in [0.2, 0.25) is 5.91 Å². The quantitative estimate of drug-likeness (QED) is 0.665. The molecular weight excluding hydrogens is 370 g/mol. The van der Waals surface area contributed by atoms with E-state index in [2.05, 4.69) is 27.8 Å². The Bertz CT molecular complexity index is 903. The van der Waals surface area contributed by atoms with Crippen LogP contribution in [0.1, 0.15) is 18.0 Å². The Morgan fingerprint density at radius 2 is 1.89 bits per heavy atom. The van der Waals surface area contributed by atoms with Crippen LogP contribution in [0.25, 0.3) is 10.2 Å². The molecule has 1 fully saturated rings. The van der Waals surface area contributed by atoms with Crippen molar-refractivity contribution in [3.05, 3.63) is 53.7 Å². The number of likely N-dealkylation sites (N-methyl/N-ethyl adjacent to an activating group) is 1. The summed E-state index contributed by atoms with van der Waals surface area (Å²) in [5, 5.41) is 1.05. The molecule has 1 atom stereocenters. The van der Waals surface area contributed by atoms with Gasteiger partial charge in [0.15, 0.2) is 0 Å². The normalized spacial score (nSPS) is 16.0. The lowest BCUT2D eigenvalue weighted by atomic mass is 10.2. The maximum absolute atomic E-state index is 12.8. The van der Waals surface area contributed by atoms with Crippen molar-refractivity contribution in [1.29, 1.82) is 0 Å². The summed E-state index contributed by atoms with van der Waals surface area (Å²) in [5.74, 6) is 1.16. The minimum Gasteiger partial charge on any atom is -0.353 e. The molecule has 0 radical (unpaired) electrons. The lowest BCUT2D eigenvalue weighted by Gasteiger charge is -2.36. The standard InChI is InChI=1S/C21H25N5OS/c1-16(21-23-17-7-3-4-8-18(17)28-21)24(2)15-20(27)26-13-11-25(12-14-26)19-9-5-6-10-22-19/h3-10,16H,11-15H2,1-2H3/t16-/m1/s1. The minimum atomic E-state index is 0.108. The number of anilines is 1. The van der Waals surface area contributed by atoms with E-state index in [0.717, 1.165) is 42.5 Å². The van der Waals surface area contributed by atoms with Gasteiger partial charge >= 0.3 is 0 Å². The number of rotatable bonds is 5. The number of carbonyl (C=O) groups is 1. The molecule has 0 saturated carbocycles. The second kappa shape index (κ2) is 8.24. The number of pyridine rings is 1. The van der Waals surface area contributed by atoms with Gasteiger partial charge in [-0.05, 0) is 38.2 Å². The zero-order valence-corrected chi connectivity index (χ0v) is 17.1. The maximum Gasteiger partial charge on any atom is 0.236 e. The molecule has 3 heterocycles. The number of piperazine rings is 1. The van der Waals surface area contributed by atoms with Crippen LogP contribution in [0.15, 0.2) is 48.7 Å². The molecule has 1 aliphatic heterocycles. The van der Waals surface area contributed by atoms with Crippen LogP contribution in [-0.4, -0.2) is 65.4 Å². The van der Waals surface area contributed by atoms with Crippen molar-refractivity contribution in [1.82, 2.24) is 19.8 Å². The summed E-state index contributed by atoms with van der Waals surface area (Å²) >= 11 is 1.70. The van der Waals surface area contributed by atoms with Crippen molar-refractivity contribution in [3.8, 4) is 0 Å². The van der Waals surface area contributed by atoms with E-state index >= 15 is 0 Å². The van der Waals surface area contributed by atoms with E-state index in [4.69, 9.17) is 4.98 Å². The second-order valence-electron chi connectivity index (χ2n) is 7.17. The molecule has 0 unspecified atom stereocenters. The molecule has 1 saturated heterocycles. The number of nitrogens with zero attached hydrogens (tertiary/aromatic N) is 5. The molecule has 4 rings (SSSR count). The van der Waals surface area contributed by atoms with E-state index in [1.165, 1.54) is 4.70 Å². The third-order valence-corrected chi connectivity index (χ3v) is 6.53. The van der Waals surface area contributed by atoms with E-state index in [1.807, 2.05) is 54.5 Å². The largest absolute Gasteiger partial charge is 0.353 e. The molecule has 3 aromatic rings. The van der Waals surface area contributed by atoms with E-state index in [9.17, 15) is 4.79 Å². The van der Waals surface area contributed by atoms with Gasteiger partial charge in [0.1, 0.15) is 10.8 Å². The fraction of sp³-hybridized carbons (Fsp3) is 0.381. The predicted molar refractivity (Wildman–Crippen MR) is 114 cm³/mol. The fourth-order valence-electron chi connectivity index (χ4n) is 3.43. The van der Waals surface area contributed by atoms with Gasteiger partial charge in [-0.15, -0.1) is 11.3 Å². The molecule has 146 valence electrons. The van der Waals surface area contributed by atoms with Gasteiger partial charge < -0.3 is 9.80 Å². The number of hydrogen-bond donors (Lipinski definition) is 0. The fourth-order valence-corrected chi connectivity index (χ4v) is 4.52. The lowest BCUT2D eigenvalue weighted by molar-refractivity contribution is -0.132. The Balaban J connectivity index is 1.33. The van der Waals surface area contributed by atoms with Gasteiger partial charge in [0, 0.05) is 32.4 Å². The van der Waals surface area contributed by atoms with Crippen molar-refractivity contribution >= 4 is 33.3 Å². The van der Waals surface area contributed by atoms with Crippen LogP contribution < -0.4 is 4.90 Å². The van der Waals surface area contributed by atoms with Gasteiger partial charge in [0.05, 0.1) is 22.8 Å². The molecule has 7 heteroatoms. The van der Waals surface area contributed by atoms with Crippen LogP contribution in [-0.2, 0) is 4.79 Å². The van der Waals surface area contributed by atoms with Crippen molar-refractivity contribution in [2.45, 2.75) is 13.0 Å². The summed E-state index contributed by atoms with van der Waals surface area (Å²) in [6.07, 6.45) is 1.81. The first-order valence-corrected chi connectivity index (χ1v) is 10.4. The molecule has 6 nitrogen and oxygen atoms in total. The molecule has 2 aromatic heterocycles. The van der Waals surface area contributed by atoms with Gasteiger partial charge in [-0.2, -0.15) is 0 Å².